The molecule has 1 amide bonds. The van der Waals surface area contributed by atoms with Crippen LogP contribution in [0.3, 0.4) is 0 Å². The minimum Gasteiger partial charge on any atom is -0.491 e. The van der Waals surface area contributed by atoms with Gasteiger partial charge in [0.1, 0.15) is 11.7 Å². The van der Waals surface area contributed by atoms with Crippen LogP contribution >= 0.6 is 0 Å². The highest BCUT2D eigenvalue weighted by molar-refractivity contribution is 6.03. The fourth-order valence-electron chi connectivity index (χ4n) is 4.54. The van der Waals surface area contributed by atoms with E-state index >= 15 is 0 Å². The minimum absolute atomic E-state index is 0.173. The molecule has 12 heteroatoms. The fraction of sp³-hybridized carbons (Fsp3) is 0.462. The van der Waals surface area contributed by atoms with Crippen LogP contribution in [0.1, 0.15) is 44.5 Å². The number of aromatic nitrogens is 4. The molecule has 204 valence electrons. The van der Waals surface area contributed by atoms with Gasteiger partial charge in [0.2, 0.25) is 11.9 Å². The average Bonchev–Trinajstić information content (AvgIpc) is 3.24. The first kappa shape index (κ1) is 27.2. The number of nitrogens with one attached hydrogen (secondary N) is 2. The molecule has 0 fully saturated rings. The van der Waals surface area contributed by atoms with Crippen LogP contribution in [0.15, 0.2) is 24.5 Å². The van der Waals surface area contributed by atoms with Crippen molar-refractivity contribution in [3.05, 3.63) is 53.0 Å². The van der Waals surface area contributed by atoms with Gasteiger partial charge in [-0.15, -0.1) is 0 Å². The maximum atomic E-state index is 14.0. The molecular formula is C26H33F2N7O3. The molecule has 4 rings (SSSR count). The lowest BCUT2D eigenvalue weighted by molar-refractivity contribution is -0.124. The van der Waals surface area contributed by atoms with Gasteiger partial charge in [-0.3, -0.25) is 9.48 Å². The number of amides is 1. The van der Waals surface area contributed by atoms with Crippen LogP contribution < -0.4 is 20.3 Å². The highest BCUT2D eigenvalue weighted by Crippen LogP contribution is 2.34. The number of nitrogens with zero attached hydrogens (tertiary/aromatic N) is 5. The molecule has 0 spiro atoms. The molecule has 0 saturated carbocycles. The number of likely N-dealkylation sites (N-methyl/N-ethyl adjacent to an activating group) is 1. The number of hydrogen-bond donors (Lipinski definition) is 2. The van der Waals surface area contributed by atoms with Crippen LogP contribution in [0.25, 0.3) is 0 Å². The third kappa shape index (κ3) is 5.85. The standard InChI is InChI=1S/C26H33F2N7O3/c1-14-20-23(34(6)21(24(36)32-20)15(2)38-26(3,4)5)33-25(31-14)29-10-17-11-30-35(13-17)12-16-8-18(27)22(37-7)19(28)9-16/h8-9,11,13,15,21H,10,12H2,1-7H3,(H,32,36)(H,29,31,33)/t15-,21?/m0/s1. The Morgan fingerprint density at radius 1 is 1.18 bits per heavy atom. The predicted octanol–water partition coefficient (Wildman–Crippen LogP) is 3.89. The van der Waals surface area contributed by atoms with E-state index in [1.165, 1.54) is 19.2 Å². The number of carbonyl (C=O) groups excluding carboxylic acids is 1. The van der Waals surface area contributed by atoms with Crippen LogP contribution in [-0.4, -0.2) is 57.6 Å². The Kier molecular flexibility index (Phi) is 7.54. The van der Waals surface area contributed by atoms with Crippen molar-refractivity contribution < 1.29 is 23.0 Å². The summed E-state index contributed by atoms with van der Waals surface area (Å²) in [6.45, 7) is 10.1. The Bertz CT molecular complexity index is 1320. The molecule has 1 aromatic carbocycles. The van der Waals surface area contributed by atoms with Crippen molar-refractivity contribution in [3.63, 3.8) is 0 Å². The van der Waals surface area contributed by atoms with E-state index in [1.807, 2.05) is 39.6 Å². The summed E-state index contributed by atoms with van der Waals surface area (Å²) < 4.78 is 40.4. The van der Waals surface area contributed by atoms with Crippen LogP contribution in [0.5, 0.6) is 5.75 Å². The van der Waals surface area contributed by atoms with Crippen molar-refractivity contribution in [3.8, 4) is 5.75 Å². The van der Waals surface area contributed by atoms with E-state index in [1.54, 1.807) is 24.0 Å². The smallest absolute Gasteiger partial charge is 0.249 e. The van der Waals surface area contributed by atoms with Gasteiger partial charge < -0.3 is 25.0 Å². The van der Waals surface area contributed by atoms with Crippen LogP contribution in [0.4, 0.5) is 26.2 Å². The molecule has 2 atom stereocenters. The molecule has 1 aliphatic heterocycles. The maximum Gasteiger partial charge on any atom is 0.249 e. The number of benzene rings is 1. The maximum absolute atomic E-state index is 14.0. The topological polar surface area (TPSA) is 106 Å². The second-order valence-electron chi connectivity index (χ2n) is 10.3. The van der Waals surface area contributed by atoms with Crippen LogP contribution in [0, 0.1) is 18.6 Å². The fourth-order valence-corrected chi connectivity index (χ4v) is 4.54. The quantitative estimate of drug-likeness (QED) is 0.453. The summed E-state index contributed by atoms with van der Waals surface area (Å²) in [5.74, 6) is -1.13. The number of aryl methyl sites for hydroxylation is 1. The normalized spacial score (nSPS) is 16.2. The molecule has 1 aliphatic rings. The molecule has 3 heterocycles. The van der Waals surface area contributed by atoms with E-state index in [4.69, 9.17) is 9.47 Å². The van der Waals surface area contributed by atoms with Crippen molar-refractivity contribution in [2.24, 2.45) is 0 Å². The van der Waals surface area contributed by atoms with Crippen molar-refractivity contribution >= 4 is 23.4 Å². The van der Waals surface area contributed by atoms with Crippen LogP contribution in [-0.2, 0) is 22.6 Å². The molecule has 38 heavy (non-hydrogen) atoms. The highest BCUT2D eigenvalue weighted by atomic mass is 19.1. The molecule has 0 saturated heterocycles. The van der Waals surface area contributed by atoms with E-state index in [9.17, 15) is 13.6 Å². The summed E-state index contributed by atoms with van der Waals surface area (Å²) in [5, 5.41) is 10.4. The monoisotopic (exact) mass is 529 g/mol. The van der Waals surface area contributed by atoms with Gasteiger partial charge in [0.25, 0.3) is 0 Å². The van der Waals surface area contributed by atoms with E-state index in [-0.39, 0.29) is 18.6 Å². The average molecular weight is 530 g/mol. The van der Waals surface area contributed by atoms with E-state index in [0.717, 1.165) is 5.56 Å². The molecule has 0 radical (unpaired) electrons. The van der Waals surface area contributed by atoms with E-state index in [2.05, 4.69) is 25.7 Å². The van der Waals surface area contributed by atoms with E-state index in [0.29, 0.717) is 35.3 Å². The first-order valence-corrected chi connectivity index (χ1v) is 12.2. The molecular weight excluding hydrogens is 496 g/mol. The Labute approximate surface area is 220 Å². The van der Waals surface area contributed by atoms with Crippen molar-refractivity contribution in [2.75, 3.05) is 29.7 Å². The number of halogens is 2. The zero-order chi connectivity index (χ0) is 27.8. The Morgan fingerprint density at radius 2 is 1.87 bits per heavy atom. The molecule has 1 unspecified atom stereocenters. The number of hydrogen-bond acceptors (Lipinski definition) is 8. The second kappa shape index (κ2) is 10.5. The Balaban J connectivity index is 1.46. The highest BCUT2D eigenvalue weighted by Gasteiger charge is 2.39. The summed E-state index contributed by atoms with van der Waals surface area (Å²) in [7, 11) is 3.03. The zero-order valence-electron chi connectivity index (χ0n) is 22.6. The summed E-state index contributed by atoms with van der Waals surface area (Å²) in [6.07, 6.45) is 3.05. The molecule has 10 nitrogen and oxygen atoms in total. The molecule has 3 aromatic rings. The lowest BCUT2D eigenvalue weighted by Gasteiger charge is -2.39. The third-order valence-corrected chi connectivity index (χ3v) is 6.07. The first-order valence-electron chi connectivity index (χ1n) is 12.2. The van der Waals surface area contributed by atoms with Gasteiger partial charge in [0.05, 0.1) is 37.3 Å². The van der Waals surface area contributed by atoms with Crippen molar-refractivity contribution in [1.82, 2.24) is 19.7 Å². The zero-order valence-corrected chi connectivity index (χ0v) is 22.6. The Morgan fingerprint density at radius 3 is 2.50 bits per heavy atom. The van der Waals surface area contributed by atoms with Gasteiger partial charge in [-0.1, -0.05) is 0 Å². The summed E-state index contributed by atoms with van der Waals surface area (Å²) in [6, 6.07) is 1.89. The number of anilines is 3. The van der Waals surface area contributed by atoms with Gasteiger partial charge in [0.15, 0.2) is 23.2 Å². The van der Waals surface area contributed by atoms with Gasteiger partial charge in [0, 0.05) is 25.4 Å². The molecule has 0 aliphatic carbocycles. The second-order valence-corrected chi connectivity index (χ2v) is 10.3. The van der Waals surface area contributed by atoms with Crippen LogP contribution in [0.2, 0.25) is 0 Å². The summed E-state index contributed by atoms with van der Waals surface area (Å²) in [4.78, 5) is 23.8. The molecule has 2 N–H and O–H groups in total. The van der Waals surface area contributed by atoms with E-state index < -0.39 is 29.0 Å². The van der Waals surface area contributed by atoms with Gasteiger partial charge in [-0.05, 0) is 52.3 Å². The van der Waals surface area contributed by atoms with Crippen molar-refractivity contribution in [1.29, 1.82) is 0 Å². The minimum atomic E-state index is -0.765. The number of ether oxygens (including phenoxy) is 2. The van der Waals surface area contributed by atoms with Gasteiger partial charge >= 0.3 is 0 Å². The number of rotatable bonds is 8. The number of carbonyl (C=O) groups is 1. The molecule has 0 bridgehead atoms. The third-order valence-electron chi connectivity index (χ3n) is 6.07. The summed E-state index contributed by atoms with van der Waals surface area (Å²) >= 11 is 0. The Hall–Kier alpha value is -3.80. The summed E-state index contributed by atoms with van der Waals surface area (Å²) in [5.41, 5.74) is 2.02. The first-order chi connectivity index (χ1) is 17.9. The number of methoxy groups -OCH3 is 1. The number of fused-ring (bicyclic) bond motifs is 1. The lowest BCUT2D eigenvalue weighted by Crippen LogP contribution is -2.54. The lowest BCUT2D eigenvalue weighted by atomic mass is 10.1. The molecule has 2 aromatic heterocycles. The van der Waals surface area contributed by atoms with Gasteiger partial charge in [-0.2, -0.15) is 10.1 Å². The van der Waals surface area contributed by atoms with Gasteiger partial charge in [-0.25, -0.2) is 13.8 Å². The largest absolute Gasteiger partial charge is 0.491 e. The SMILES string of the molecule is COc1c(F)cc(Cn2cc(CNc3nc(C)c4c(n3)N(C)C([C@H](C)OC(C)(C)C)C(=O)N4)cn2)cc1F. The predicted molar refractivity (Wildman–Crippen MR) is 139 cm³/mol. The van der Waals surface area contributed by atoms with Crippen molar-refractivity contribution in [2.45, 2.75) is 65.5 Å².